The van der Waals surface area contributed by atoms with Crippen molar-refractivity contribution in [3.8, 4) is 5.75 Å². The first-order valence-corrected chi connectivity index (χ1v) is 7.17. The Balaban J connectivity index is 1.63. The molecule has 0 saturated carbocycles. The summed E-state index contributed by atoms with van der Waals surface area (Å²) in [7, 11) is 1.65. The van der Waals surface area contributed by atoms with Crippen molar-refractivity contribution in [3.05, 3.63) is 64.7 Å². The normalized spacial score (nSPS) is 13.5. The van der Waals surface area contributed by atoms with E-state index < -0.39 is 0 Å². The van der Waals surface area contributed by atoms with Gasteiger partial charge in [0.15, 0.2) is 5.84 Å². The fourth-order valence-electron chi connectivity index (χ4n) is 2.04. The third-order valence-corrected chi connectivity index (χ3v) is 3.49. The second kappa shape index (κ2) is 6.49. The molecule has 22 heavy (non-hydrogen) atoms. The van der Waals surface area contributed by atoms with E-state index in [2.05, 4.69) is 21.1 Å². The monoisotopic (exact) mass is 314 g/mol. The lowest BCUT2D eigenvalue weighted by Gasteiger charge is -2.15. The molecule has 0 spiro atoms. The Hall–Kier alpha value is -2.53. The lowest BCUT2D eigenvalue weighted by Crippen LogP contribution is -2.35. The Kier molecular flexibility index (Phi) is 4.25. The molecule has 0 unspecified atom stereocenters. The van der Waals surface area contributed by atoms with Gasteiger partial charge in [-0.2, -0.15) is 10.2 Å². The molecule has 2 aromatic carbocycles. The van der Waals surface area contributed by atoms with E-state index in [1.54, 1.807) is 7.11 Å². The highest BCUT2D eigenvalue weighted by Crippen LogP contribution is 2.13. The third kappa shape index (κ3) is 3.38. The highest BCUT2D eigenvalue weighted by molar-refractivity contribution is 6.30. The topological polar surface area (TPSA) is 58.0 Å². The van der Waals surface area contributed by atoms with Crippen LogP contribution in [0.4, 0.5) is 0 Å². The summed E-state index contributed by atoms with van der Waals surface area (Å²) in [5.74, 6) is 2.25. The summed E-state index contributed by atoms with van der Waals surface area (Å²) in [6.07, 6.45) is 0.661. The molecule has 1 heterocycles. The molecule has 0 radical (unpaired) electrons. The number of methoxy groups -OCH3 is 1. The van der Waals surface area contributed by atoms with E-state index >= 15 is 0 Å². The summed E-state index contributed by atoms with van der Waals surface area (Å²) < 4.78 is 5.14. The Morgan fingerprint density at radius 3 is 2.27 bits per heavy atom. The zero-order valence-corrected chi connectivity index (χ0v) is 12.8. The maximum absolute atomic E-state index is 5.87. The van der Waals surface area contributed by atoms with Crippen LogP contribution < -0.4 is 15.6 Å². The molecule has 1 aliphatic heterocycles. The van der Waals surface area contributed by atoms with Crippen LogP contribution in [0.2, 0.25) is 5.02 Å². The molecule has 3 rings (SSSR count). The number of nitrogens with one attached hydrogen (secondary N) is 2. The molecule has 0 bridgehead atoms. The summed E-state index contributed by atoms with van der Waals surface area (Å²) >= 11 is 5.87. The summed E-state index contributed by atoms with van der Waals surface area (Å²) in [4.78, 5) is 0. The van der Waals surface area contributed by atoms with E-state index in [0.717, 1.165) is 22.7 Å². The van der Waals surface area contributed by atoms with Crippen LogP contribution in [0.25, 0.3) is 0 Å². The van der Waals surface area contributed by atoms with Crippen molar-refractivity contribution in [2.24, 2.45) is 10.2 Å². The Bertz CT molecular complexity index is 708. The summed E-state index contributed by atoms with van der Waals surface area (Å²) in [6, 6.07) is 15.3. The first-order chi connectivity index (χ1) is 10.7. The average molecular weight is 315 g/mol. The van der Waals surface area contributed by atoms with E-state index in [1.165, 1.54) is 0 Å². The number of amidine groups is 2. The summed E-state index contributed by atoms with van der Waals surface area (Å²) in [5, 5.41) is 9.30. The Morgan fingerprint density at radius 2 is 1.68 bits per heavy atom. The predicted molar refractivity (Wildman–Crippen MR) is 88.4 cm³/mol. The summed E-state index contributed by atoms with van der Waals surface area (Å²) in [5.41, 5.74) is 7.97. The lowest BCUT2D eigenvalue weighted by molar-refractivity contribution is 0.414. The number of hydrogen-bond donors (Lipinski definition) is 2. The van der Waals surface area contributed by atoms with Gasteiger partial charge in [0.05, 0.1) is 7.11 Å². The van der Waals surface area contributed by atoms with Crippen LogP contribution >= 0.6 is 11.6 Å². The van der Waals surface area contributed by atoms with Crippen LogP contribution in [0.3, 0.4) is 0 Å². The molecule has 2 aromatic rings. The highest BCUT2D eigenvalue weighted by Gasteiger charge is 2.10. The quantitative estimate of drug-likeness (QED) is 0.912. The van der Waals surface area contributed by atoms with Gasteiger partial charge in [0.1, 0.15) is 11.6 Å². The molecule has 0 aromatic heterocycles. The number of benzene rings is 2. The predicted octanol–water partition coefficient (Wildman–Crippen LogP) is 2.76. The van der Waals surface area contributed by atoms with Gasteiger partial charge >= 0.3 is 0 Å². The molecule has 5 nitrogen and oxygen atoms in total. The van der Waals surface area contributed by atoms with Gasteiger partial charge in [0.25, 0.3) is 0 Å². The molecule has 0 aliphatic carbocycles. The van der Waals surface area contributed by atoms with Crippen LogP contribution in [0.5, 0.6) is 5.75 Å². The second-order valence-electron chi connectivity index (χ2n) is 4.77. The molecule has 0 amide bonds. The maximum atomic E-state index is 5.87. The lowest BCUT2D eigenvalue weighted by atomic mass is 10.1. The van der Waals surface area contributed by atoms with E-state index in [4.69, 9.17) is 16.3 Å². The molecular formula is C16H15ClN4O. The molecule has 1 aliphatic rings. The largest absolute Gasteiger partial charge is 0.497 e. The molecular weight excluding hydrogens is 300 g/mol. The number of ether oxygens (including phenoxy) is 1. The smallest absolute Gasteiger partial charge is 0.173 e. The Labute approximate surface area is 133 Å². The SMILES string of the molecule is COc1ccc(CC2=NNC(c3ccc(Cl)cc3)=NN2)cc1. The fourth-order valence-corrected chi connectivity index (χ4v) is 2.17. The Morgan fingerprint density at radius 1 is 0.955 bits per heavy atom. The third-order valence-electron chi connectivity index (χ3n) is 3.24. The van der Waals surface area contributed by atoms with Crippen LogP contribution in [-0.2, 0) is 6.42 Å². The first kappa shape index (κ1) is 14.4. The maximum Gasteiger partial charge on any atom is 0.173 e. The standard InChI is InChI=1S/C16H15ClN4O/c1-22-14-8-2-11(3-9-14)10-15-18-20-16(21-19-15)12-4-6-13(17)7-5-12/h2-9H,10H2,1H3,(H,18,19)(H,20,21). The van der Waals surface area contributed by atoms with Crippen LogP contribution in [0.15, 0.2) is 58.7 Å². The van der Waals surface area contributed by atoms with E-state index in [9.17, 15) is 0 Å². The van der Waals surface area contributed by atoms with Crippen LogP contribution in [0.1, 0.15) is 11.1 Å². The van der Waals surface area contributed by atoms with Crippen molar-refractivity contribution >= 4 is 23.3 Å². The zero-order chi connectivity index (χ0) is 15.4. The van der Waals surface area contributed by atoms with E-state index in [0.29, 0.717) is 17.3 Å². The van der Waals surface area contributed by atoms with Crippen molar-refractivity contribution < 1.29 is 4.74 Å². The molecule has 2 N–H and O–H groups in total. The number of hydrazone groups is 2. The summed E-state index contributed by atoms with van der Waals surface area (Å²) in [6.45, 7) is 0. The number of rotatable bonds is 4. The molecule has 6 heteroatoms. The van der Waals surface area contributed by atoms with Crippen molar-refractivity contribution in [2.45, 2.75) is 6.42 Å². The molecule has 0 atom stereocenters. The van der Waals surface area contributed by atoms with Crippen molar-refractivity contribution in [2.75, 3.05) is 7.11 Å². The minimum atomic E-state index is 0.661. The van der Waals surface area contributed by atoms with Gasteiger partial charge < -0.3 is 4.74 Å². The minimum absolute atomic E-state index is 0.661. The number of hydrogen-bond acceptors (Lipinski definition) is 5. The highest BCUT2D eigenvalue weighted by atomic mass is 35.5. The van der Waals surface area contributed by atoms with Crippen molar-refractivity contribution in [1.82, 2.24) is 10.9 Å². The van der Waals surface area contributed by atoms with Crippen LogP contribution in [0, 0.1) is 0 Å². The fraction of sp³-hybridized carbons (Fsp3) is 0.125. The first-order valence-electron chi connectivity index (χ1n) is 6.80. The molecule has 112 valence electrons. The minimum Gasteiger partial charge on any atom is -0.497 e. The van der Waals surface area contributed by atoms with Gasteiger partial charge in [0.2, 0.25) is 0 Å². The number of halogens is 1. The molecule has 0 saturated heterocycles. The van der Waals surface area contributed by atoms with Gasteiger partial charge in [0, 0.05) is 17.0 Å². The van der Waals surface area contributed by atoms with Gasteiger partial charge in [-0.25, -0.2) is 0 Å². The van der Waals surface area contributed by atoms with Gasteiger partial charge in [-0.1, -0.05) is 23.7 Å². The zero-order valence-electron chi connectivity index (χ0n) is 12.0. The van der Waals surface area contributed by atoms with Gasteiger partial charge in [-0.15, -0.1) is 0 Å². The molecule has 0 fully saturated rings. The van der Waals surface area contributed by atoms with Crippen molar-refractivity contribution in [3.63, 3.8) is 0 Å². The number of nitrogens with zero attached hydrogens (tertiary/aromatic N) is 2. The van der Waals surface area contributed by atoms with E-state index in [1.807, 2.05) is 48.5 Å². The van der Waals surface area contributed by atoms with Gasteiger partial charge in [-0.05, 0) is 42.0 Å². The van der Waals surface area contributed by atoms with Crippen LogP contribution in [-0.4, -0.2) is 18.8 Å². The average Bonchev–Trinajstić information content (AvgIpc) is 2.57. The second-order valence-corrected chi connectivity index (χ2v) is 5.21. The van der Waals surface area contributed by atoms with Gasteiger partial charge in [-0.3, -0.25) is 10.9 Å². The van der Waals surface area contributed by atoms with E-state index in [-0.39, 0.29) is 0 Å². The van der Waals surface area contributed by atoms with Crippen molar-refractivity contribution in [1.29, 1.82) is 0 Å².